The lowest BCUT2D eigenvalue weighted by Crippen LogP contribution is -2.17. The number of hydrogen-bond acceptors (Lipinski definition) is 3. The maximum Gasteiger partial charge on any atom is 0.121 e. The molecule has 0 saturated heterocycles. The summed E-state index contributed by atoms with van der Waals surface area (Å²) in [6.07, 6.45) is 2.91. The van der Waals surface area contributed by atoms with Gasteiger partial charge in [0.25, 0.3) is 0 Å². The van der Waals surface area contributed by atoms with Crippen molar-refractivity contribution in [2.24, 2.45) is 0 Å². The first-order valence-electron chi connectivity index (χ1n) is 7.34. The lowest BCUT2D eigenvalue weighted by molar-refractivity contribution is 0.151. The number of fused-ring (bicyclic) bond motifs is 1. The fraction of sp³-hybridized carbons (Fsp3) is 0.562. The smallest absolute Gasteiger partial charge is 0.121 e. The van der Waals surface area contributed by atoms with Crippen molar-refractivity contribution in [3.05, 3.63) is 24.0 Å². The van der Waals surface area contributed by atoms with Crippen LogP contribution in [0, 0.1) is 0 Å². The molecule has 1 unspecified atom stereocenters. The number of rotatable bonds is 8. The van der Waals surface area contributed by atoms with Crippen molar-refractivity contribution in [1.29, 1.82) is 0 Å². The molecule has 0 saturated carbocycles. The largest absolute Gasteiger partial charge is 0.497 e. The Balaban J connectivity index is 2.53. The van der Waals surface area contributed by atoms with E-state index in [9.17, 15) is 0 Å². The van der Waals surface area contributed by atoms with Crippen LogP contribution in [0.2, 0.25) is 0 Å². The molecule has 1 aromatic heterocycles. The molecule has 1 heterocycles. The molecule has 0 aliphatic heterocycles. The summed E-state index contributed by atoms with van der Waals surface area (Å²) < 4.78 is 13.0. The minimum atomic E-state index is 0.289. The van der Waals surface area contributed by atoms with Crippen LogP contribution < -0.4 is 4.74 Å². The number of aromatic nitrogens is 2. The number of alkyl halides is 1. The van der Waals surface area contributed by atoms with Crippen molar-refractivity contribution in [1.82, 2.24) is 9.55 Å². The van der Waals surface area contributed by atoms with Crippen molar-refractivity contribution in [3.8, 4) is 5.75 Å². The van der Waals surface area contributed by atoms with E-state index in [4.69, 9.17) is 26.1 Å². The monoisotopic (exact) mass is 310 g/mol. The lowest BCUT2D eigenvalue weighted by atomic mass is 10.1. The Morgan fingerprint density at radius 3 is 2.76 bits per heavy atom. The van der Waals surface area contributed by atoms with Gasteiger partial charge in [0.2, 0.25) is 0 Å². The van der Waals surface area contributed by atoms with E-state index in [0.717, 1.165) is 41.9 Å². The number of aryl methyl sites for hydroxylation is 1. The van der Waals surface area contributed by atoms with E-state index in [-0.39, 0.29) is 6.04 Å². The summed E-state index contributed by atoms with van der Waals surface area (Å²) in [5, 5.41) is 0. The van der Waals surface area contributed by atoms with Crippen LogP contribution in [0.15, 0.2) is 18.2 Å². The van der Waals surface area contributed by atoms with Crippen LogP contribution in [0.3, 0.4) is 0 Å². The van der Waals surface area contributed by atoms with Crippen molar-refractivity contribution in [3.63, 3.8) is 0 Å². The Morgan fingerprint density at radius 1 is 1.33 bits per heavy atom. The average molecular weight is 311 g/mol. The van der Waals surface area contributed by atoms with Crippen molar-refractivity contribution in [2.75, 3.05) is 26.7 Å². The van der Waals surface area contributed by atoms with Crippen molar-refractivity contribution >= 4 is 22.6 Å². The van der Waals surface area contributed by atoms with E-state index >= 15 is 0 Å². The Morgan fingerprint density at radius 2 is 2.14 bits per heavy atom. The van der Waals surface area contributed by atoms with E-state index in [2.05, 4.69) is 17.6 Å². The van der Waals surface area contributed by atoms with Gasteiger partial charge in [0, 0.05) is 25.5 Å². The summed E-state index contributed by atoms with van der Waals surface area (Å²) in [5.74, 6) is 2.40. The number of nitrogens with zero attached hydrogens (tertiary/aromatic N) is 2. The highest BCUT2D eigenvalue weighted by Gasteiger charge is 2.18. The number of benzene rings is 1. The number of halogens is 1. The molecular formula is C16H23ClN2O2. The third-order valence-corrected chi connectivity index (χ3v) is 3.82. The molecule has 1 atom stereocenters. The van der Waals surface area contributed by atoms with Gasteiger partial charge in [0.15, 0.2) is 0 Å². The zero-order valence-corrected chi connectivity index (χ0v) is 13.7. The van der Waals surface area contributed by atoms with Crippen molar-refractivity contribution in [2.45, 2.75) is 32.2 Å². The summed E-state index contributed by atoms with van der Waals surface area (Å²) >= 11 is 5.94. The molecule has 0 spiro atoms. The quantitative estimate of drug-likeness (QED) is 0.696. The molecule has 0 fully saturated rings. The first-order chi connectivity index (χ1) is 10.2. The molecule has 0 aliphatic carbocycles. The van der Waals surface area contributed by atoms with E-state index < -0.39 is 0 Å². The van der Waals surface area contributed by atoms with Crippen LogP contribution in [-0.2, 0) is 11.2 Å². The predicted molar refractivity (Wildman–Crippen MR) is 86.5 cm³/mol. The van der Waals surface area contributed by atoms with Gasteiger partial charge >= 0.3 is 0 Å². The number of hydrogen-bond donors (Lipinski definition) is 0. The highest BCUT2D eigenvalue weighted by atomic mass is 35.5. The minimum absolute atomic E-state index is 0.289. The fourth-order valence-corrected chi connectivity index (χ4v) is 2.91. The van der Waals surface area contributed by atoms with Gasteiger partial charge in [-0.15, -0.1) is 11.6 Å². The highest BCUT2D eigenvalue weighted by Crippen LogP contribution is 2.27. The molecule has 1 aromatic carbocycles. The van der Waals surface area contributed by atoms with Gasteiger partial charge in [-0.2, -0.15) is 0 Å². The van der Waals surface area contributed by atoms with Gasteiger partial charge in [-0.25, -0.2) is 4.98 Å². The number of methoxy groups -OCH3 is 2. The molecule has 0 bridgehead atoms. The van der Waals surface area contributed by atoms with Crippen LogP contribution in [0.25, 0.3) is 11.0 Å². The van der Waals surface area contributed by atoms with Crippen LogP contribution >= 0.6 is 11.6 Å². The summed E-state index contributed by atoms with van der Waals surface area (Å²) in [6.45, 7) is 2.87. The lowest BCUT2D eigenvalue weighted by Gasteiger charge is -2.20. The molecule has 2 rings (SSSR count). The standard InChI is InChI=1S/C16H23ClN2O2/c1-4-5-12(11-20-2)19-15-7-6-13(21-3)10-14(15)18-16(19)8-9-17/h6-7,10,12H,4-5,8-9,11H2,1-3H3. The molecule has 2 aromatic rings. The van der Waals surface area contributed by atoms with Crippen LogP contribution in [0.5, 0.6) is 5.75 Å². The SMILES string of the molecule is CCCC(COC)n1c(CCCl)nc2cc(OC)ccc21. The van der Waals surface area contributed by atoms with Gasteiger partial charge in [-0.05, 0) is 18.6 Å². The highest BCUT2D eigenvalue weighted by molar-refractivity contribution is 6.17. The first-order valence-corrected chi connectivity index (χ1v) is 7.88. The molecule has 0 aliphatic rings. The molecular weight excluding hydrogens is 288 g/mol. The Hall–Kier alpha value is -1.26. The first kappa shape index (κ1) is 16.1. The van der Waals surface area contributed by atoms with Gasteiger partial charge in [0.1, 0.15) is 11.6 Å². The topological polar surface area (TPSA) is 36.3 Å². The molecule has 0 amide bonds. The van der Waals surface area contributed by atoms with Crippen LogP contribution in [-0.4, -0.2) is 36.3 Å². The number of ether oxygens (including phenoxy) is 2. The van der Waals surface area contributed by atoms with Crippen LogP contribution in [0.1, 0.15) is 31.6 Å². The van der Waals surface area contributed by atoms with E-state index in [1.54, 1.807) is 14.2 Å². The number of imidazole rings is 1. The summed E-state index contributed by atoms with van der Waals surface area (Å²) in [6, 6.07) is 6.30. The molecule has 0 N–H and O–H groups in total. The Kier molecular flexibility index (Phi) is 5.88. The predicted octanol–water partition coefficient (Wildman–Crippen LogP) is 3.81. The summed E-state index contributed by atoms with van der Waals surface area (Å²) in [4.78, 5) is 4.74. The second kappa shape index (κ2) is 7.66. The van der Waals surface area contributed by atoms with E-state index in [1.807, 2.05) is 12.1 Å². The average Bonchev–Trinajstić information content (AvgIpc) is 2.84. The third-order valence-electron chi connectivity index (χ3n) is 3.63. The Labute approximate surface area is 131 Å². The second-order valence-electron chi connectivity index (χ2n) is 5.09. The van der Waals surface area contributed by atoms with Gasteiger partial charge in [-0.3, -0.25) is 0 Å². The zero-order chi connectivity index (χ0) is 15.2. The van der Waals surface area contributed by atoms with E-state index in [0.29, 0.717) is 12.5 Å². The molecule has 5 heteroatoms. The summed E-state index contributed by atoms with van der Waals surface area (Å²) in [5.41, 5.74) is 2.07. The molecule has 0 radical (unpaired) electrons. The van der Waals surface area contributed by atoms with Crippen molar-refractivity contribution < 1.29 is 9.47 Å². The van der Waals surface area contributed by atoms with E-state index in [1.165, 1.54) is 0 Å². The third kappa shape index (κ3) is 3.50. The normalized spacial score (nSPS) is 12.8. The van der Waals surface area contributed by atoms with Gasteiger partial charge < -0.3 is 14.0 Å². The molecule has 116 valence electrons. The maximum absolute atomic E-state index is 5.94. The fourth-order valence-electron chi connectivity index (χ4n) is 2.74. The minimum Gasteiger partial charge on any atom is -0.497 e. The Bertz CT molecular complexity index is 577. The second-order valence-corrected chi connectivity index (χ2v) is 5.47. The molecule has 4 nitrogen and oxygen atoms in total. The van der Waals surface area contributed by atoms with Crippen LogP contribution in [0.4, 0.5) is 0 Å². The van der Waals surface area contributed by atoms with Gasteiger partial charge in [0.05, 0.1) is 30.8 Å². The summed E-state index contributed by atoms with van der Waals surface area (Å²) in [7, 11) is 3.41. The maximum atomic E-state index is 5.94. The van der Waals surface area contributed by atoms with Gasteiger partial charge in [-0.1, -0.05) is 13.3 Å². The molecule has 21 heavy (non-hydrogen) atoms. The zero-order valence-electron chi connectivity index (χ0n) is 12.9.